The lowest BCUT2D eigenvalue weighted by Gasteiger charge is -2.14. The van der Waals surface area contributed by atoms with Crippen LogP contribution in [0.5, 0.6) is 5.75 Å². The van der Waals surface area contributed by atoms with Crippen molar-refractivity contribution in [3.05, 3.63) is 28.8 Å². The SMILES string of the molecule is COC(=O)CC(O)c1cc(Cl)ccc1OC. The van der Waals surface area contributed by atoms with E-state index in [2.05, 4.69) is 4.74 Å². The molecule has 0 fully saturated rings. The van der Waals surface area contributed by atoms with Crippen LogP contribution in [0.1, 0.15) is 18.1 Å². The van der Waals surface area contributed by atoms with E-state index in [1.54, 1.807) is 18.2 Å². The van der Waals surface area contributed by atoms with Gasteiger partial charge in [0.25, 0.3) is 0 Å². The molecule has 1 rings (SSSR count). The summed E-state index contributed by atoms with van der Waals surface area (Å²) in [7, 11) is 2.75. The Morgan fingerprint density at radius 1 is 1.50 bits per heavy atom. The summed E-state index contributed by atoms with van der Waals surface area (Å²) < 4.78 is 9.54. The maximum atomic E-state index is 11.0. The van der Waals surface area contributed by atoms with E-state index in [1.165, 1.54) is 14.2 Å². The van der Waals surface area contributed by atoms with Crippen molar-refractivity contribution in [2.75, 3.05) is 14.2 Å². The Kier molecular flexibility index (Phi) is 4.58. The maximum absolute atomic E-state index is 11.0. The molecular weight excluding hydrogens is 232 g/mol. The standard InChI is InChI=1S/C11H13ClO4/c1-15-10-4-3-7(12)5-8(10)9(13)6-11(14)16-2/h3-5,9,13H,6H2,1-2H3. The molecule has 1 aromatic carbocycles. The predicted octanol–water partition coefficient (Wildman–Crippen LogP) is 1.95. The quantitative estimate of drug-likeness (QED) is 0.823. The van der Waals surface area contributed by atoms with Gasteiger partial charge in [0.2, 0.25) is 0 Å². The van der Waals surface area contributed by atoms with Crippen molar-refractivity contribution in [3.63, 3.8) is 0 Å². The predicted molar refractivity (Wildman–Crippen MR) is 59.6 cm³/mol. The molecular formula is C11H13ClO4. The van der Waals surface area contributed by atoms with E-state index in [0.29, 0.717) is 16.3 Å². The summed E-state index contributed by atoms with van der Waals surface area (Å²) in [4.78, 5) is 11.0. The molecule has 0 radical (unpaired) electrons. The molecule has 0 aliphatic heterocycles. The first kappa shape index (κ1) is 12.8. The van der Waals surface area contributed by atoms with Crippen molar-refractivity contribution in [2.45, 2.75) is 12.5 Å². The van der Waals surface area contributed by atoms with Gasteiger partial charge in [-0.3, -0.25) is 4.79 Å². The van der Waals surface area contributed by atoms with Crippen LogP contribution in [0.15, 0.2) is 18.2 Å². The monoisotopic (exact) mass is 244 g/mol. The zero-order valence-corrected chi connectivity index (χ0v) is 9.82. The fraction of sp³-hybridized carbons (Fsp3) is 0.364. The van der Waals surface area contributed by atoms with Crippen LogP contribution < -0.4 is 4.74 Å². The molecule has 0 spiro atoms. The summed E-state index contributed by atoms with van der Waals surface area (Å²) in [6.07, 6.45) is -1.12. The number of halogens is 1. The highest BCUT2D eigenvalue weighted by Crippen LogP contribution is 2.30. The third-order valence-corrected chi connectivity index (χ3v) is 2.37. The molecule has 4 nitrogen and oxygen atoms in total. The summed E-state index contributed by atoms with van der Waals surface area (Å²) in [5, 5.41) is 10.3. The van der Waals surface area contributed by atoms with Crippen LogP contribution in [0.4, 0.5) is 0 Å². The summed E-state index contributed by atoms with van der Waals surface area (Å²) in [5.74, 6) is -0.00432. The van der Waals surface area contributed by atoms with Gasteiger partial charge in [0.1, 0.15) is 5.75 Å². The van der Waals surface area contributed by atoms with Crippen LogP contribution in [-0.2, 0) is 9.53 Å². The van der Waals surface area contributed by atoms with Gasteiger partial charge in [-0.25, -0.2) is 0 Å². The summed E-state index contributed by atoms with van der Waals surface area (Å²) >= 11 is 5.81. The third kappa shape index (κ3) is 3.12. The number of aliphatic hydroxyl groups is 1. The van der Waals surface area contributed by atoms with E-state index in [9.17, 15) is 9.90 Å². The number of hydrogen-bond acceptors (Lipinski definition) is 4. The minimum absolute atomic E-state index is 0.132. The Morgan fingerprint density at radius 2 is 2.19 bits per heavy atom. The Balaban J connectivity index is 2.92. The molecule has 1 atom stereocenters. The van der Waals surface area contributed by atoms with E-state index in [-0.39, 0.29) is 6.42 Å². The lowest BCUT2D eigenvalue weighted by Crippen LogP contribution is -2.09. The first-order valence-electron chi connectivity index (χ1n) is 4.66. The highest BCUT2D eigenvalue weighted by atomic mass is 35.5. The van der Waals surface area contributed by atoms with Crippen LogP contribution in [0.2, 0.25) is 5.02 Å². The Hall–Kier alpha value is -1.26. The minimum atomic E-state index is -0.985. The molecule has 1 unspecified atom stereocenters. The zero-order valence-electron chi connectivity index (χ0n) is 9.07. The van der Waals surface area contributed by atoms with Gasteiger partial charge in [-0.1, -0.05) is 11.6 Å². The van der Waals surface area contributed by atoms with Crippen molar-refractivity contribution < 1.29 is 19.4 Å². The molecule has 1 aromatic rings. The number of benzene rings is 1. The molecule has 0 heterocycles. The lowest BCUT2D eigenvalue weighted by molar-refractivity contribution is -0.142. The van der Waals surface area contributed by atoms with Crippen LogP contribution in [0, 0.1) is 0 Å². The Bertz CT molecular complexity index is 378. The van der Waals surface area contributed by atoms with Crippen molar-refractivity contribution in [2.24, 2.45) is 0 Å². The summed E-state index contributed by atoms with van der Waals surface area (Å²) in [6.45, 7) is 0. The number of carbonyl (C=O) groups is 1. The van der Waals surface area contributed by atoms with E-state index >= 15 is 0 Å². The van der Waals surface area contributed by atoms with E-state index in [4.69, 9.17) is 16.3 Å². The number of rotatable bonds is 4. The second kappa shape index (κ2) is 5.72. The number of esters is 1. The van der Waals surface area contributed by atoms with Crippen LogP contribution in [-0.4, -0.2) is 25.3 Å². The van der Waals surface area contributed by atoms with Crippen molar-refractivity contribution >= 4 is 17.6 Å². The topological polar surface area (TPSA) is 55.8 Å². The molecule has 1 N–H and O–H groups in total. The van der Waals surface area contributed by atoms with E-state index < -0.39 is 12.1 Å². The smallest absolute Gasteiger partial charge is 0.308 e. The molecule has 16 heavy (non-hydrogen) atoms. The summed E-state index contributed by atoms with van der Waals surface area (Å²) in [6, 6.07) is 4.85. The molecule has 0 bridgehead atoms. The number of aliphatic hydroxyl groups excluding tert-OH is 1. The Morgan fingerprint density at radius 3 is 2.75 bits per heavy atom. The first-order chi connectivity index (χ1) is 7.58. The minimum Gasteiger partial charge on any atom is -0.496 e. The average Bonchev–Trinajstić information content (AvgIpc) is 2.28. The Labute approximate surface area is 98.7 Å². The van der Waals surface area contributed by atoms with Gasteiger partial charge < -0.3 is 14.6 Å². The summed E-state index contributed by atoms with van der Waals surface area (Å²) in [5.41, 5.74) is 0.473. The highest BCUT2D eigenvalue weighted by Gasteiger charge is 2.17. The molecule has 0 saturated carbocycles. The van der Waals surface area contributed by atoms with Gasteiger partial charge in [-0.05, 0) is 18.2 Å². The normalized spacial score (nSPS) is 12.0. The molecule has 0 aliphatic carbocycles. The fourth-order valence-corrected chi connectivity index (χ4v) is 1.50. The van der Waals surface area contributed by atoms with E-state index in [1.807, 2.05) is 0 Å². The second-order valence-electron chi connectivity index (χ2n) is 3.18. The van der Waals surface area contributed by atoms with Gasteiger partial charge in [-0.2, -0.15) is 0 Å². The number of methoxy groups -OCH3 is 2. The van der Waals surface area contributed by atoms with Gasteiger partial charge in [0.05, 0.1) is 26.7 Å². The number of carbonyl (C=O) groups excluding carboxylic acids is 1. The molecule has 88 valence electrons. The van der Waals surface area contributed by atoms with Gasteiger partial charge in [0.15, 0.2) is 0 Å². The van der Waals surface area contributed by atoms with Crippen LogP contribution >= 0.6 is 11.6 Å². The van der Waals surface area contributed by atoms with Crippen molar-refractivity contribution in [1.82, 2.24) is 0 Å². The van der Waals surface area contributed by atoms with Crippen LogP contribution in [0.3, 0.4) is 0 Å². The largest absolute Gasteiger partial charge is 0.496 e. The maximum Gasteiger partial charge on any atom is 0.308 e. The fourth-order valence-electron chi connectivity index (χ4n) is 1.32. The molecule has 0 aliphatic rings. The number of ether oxygens (including phenoxy) is 2. The van der Waals surface area contributed by atoms with Crippen molar-refractivity contribution in [1.29, 1.82) is 0 Å². The molecule has 0 saturated heterocycles. The van der Waals surface area contributed by atoms with E-state index in [0.717, 1.165) is 0 Å². The number of hydrogen-bond donors (Lipinski definition) is 1. The molecule has 0 amide bonds. The lowest BCUT2D eigenvalue weighted by atomic mass is 10.1. The first-order valence-corrected chi connectivity index (χ1v) is 5.04. The van der Waals surface area contributed by atoms with Gasteiger partial charge in [0, 0.05) is 10.6 Å². The third-order valence-electron chi connectivity index (χ3n) is 2.14. The van der Waals surface area contributed by atoms with Gasteiger partial charge in [-0.15, -0.1) is 0 Å². The second-order valence-corrected chi connectivity index (χ2v) is 3.62. The van der Waals surface area contributed by atoms with Crippen LogP contribution in [0.25, 0.3) is 0 Å². The highest BCUT2D eigenvalue weighted by molar-refractivity contribution is 6.30. The van der Waals surface area contributed by atoms with Gasteiger partial charge >= 0.3 is 5.97 Å². The molecule has 0 aromatic heterocycles. The average molecular weight is 245 g/mol. The zero-order chi connectivity index (χ0) is 12.1. The van der Waals surface area contributed by atoms with Crippen molar-refractivity contribution in [3.8, 4) is 5.75 Å². The molecule has 5 heteroatoms.